The summed E-state index contributed by atoms with van der Waals surface area (Å²) in [5, 5.41) is 11.1. The van der Waals surface area contributed by atoms with Crippen LogP contribution in [-0.2, 0) is 0 Å². The molecule has 204 valence electrons. The van der Waals surface area contributed by atoms with Crippen LogP contribution in [-0.4, -0.2) is 12.2 Å². The van der Waals surface area contributed by atoms with E-state index in [1.54, 1.807) is 0 Å². The fourth-order valence-electron chi connectivity index (χ4n) is 7.22. The van der Waals surface area contributed by atoms with Crippen molar-refractivity contribution in [1.82, 2.24) is 5.32 Å². The molecule has 6 aromatic carbocycles. The van der Waals surface area contributed by atoms with Crippen molar-refractivity contribution >= 4 is 44.5 Å². The van der Waals surface area contributed by atoms with Crippen LogP contribution in [0.1, 0.15) is 18.2 Å². The molecule has 0 bridgehead atoms. The van der Waals surface area contributed by atoms with Gasteiger partial charge in [0.1, 0.15) is 5.84 Å². The molecule has 3 heteroatoms. The highest BCUT2D eigenvalue weighted by molar-refractivity contribution is 6.25. The third-order valence-electron chi connectivity index (χ3n) is 9.49. The maximum Gasteiger partial charge on any atom is 0.168 e. The number of nitrogens with one attached hydrogen (secondary N) is 1. The Morgan fingerprint density at radius 3 is 1.98 bits per heavy atom. The van der Waals surface area contributed by atoms with Crippen molar-refractivity contribution in [3.8, 4) is 22.3 Å². The van der Waals surface area contributed by atoms with Crippen LogP contribution in [0.2, 0.25) is 0 Å². The summed E-state index contributed by atoms with van der Waals surface area (Å²) in [4.78, 5) is 9.85. The predicted molar refractivity (Wildman–Crippen MR) is 180 cm³/mol. The molecule has 1 aliphatic heterocycles. The van der Waals surface area contributed by atoms with Gasteiger partial charge in [-0.15, -0.1) is 0 Å². The van der Waals surface area contributed by atoms with E-state index in [1.165, 1.54) is 54.6 Å². The molecule has 3 aliphatic rings. The number of rotatable bonds is 4. The summed E-state index contributed by atoms with van der Waals surface area (Å²) in [5.41, 5.74) is 5.92. The normalized spacial score (nSPS) is 22.0. The molecule has 3 unspecified atom stereocenters. The zero-order valence-corrected chi connectivity index (χ0v) is 23.6. The summed E-state index contributed by atoms with van der Waals surface area (Å²) in [6.07, 6.45) is 11.6. The first-order chi connectivity index (χ1) is 21.3. The molecule has 0 amide bonds. The smallest absolute Gasteiger partial charge is 0.168 e. The Bertz CT molecular complexity index is 2180. The van der Waals surface area contributed by atoms with E-state index in [4.69, 9.17) is 9.98 Å². The van der Waals surface area contributed by atoms with E-state index >= 15 is 0 Å². The molecule has 0 saturated heterocycles. The van der Waals surface area contributed by atoms with Gasteiger partial charge < -0.3 is 5.32 Å². The minimum Gasteiger partial charge on any atom is -0.334 e. The number of benzene rings is 6. The van der Waals surface area contributed by atoms with Crippen LogP contribution in [0.25, 0.3) is 54.6 Å². The molecule has 1 heterocycles. The second-order valence-corrected chi connectivity index (χ2v) is 11.9. The zero-order valence-electron chi connectivity index (χ0n) is 23.6. The number of fused-ring (bicyclic) bond motifs is 7. The minimum absolute atomic E-state index is 0.00916. The summed E-state index contributed by atoms with van der Waals surface area (Å²) < 4.78 is 0. The van der Waals surface area contributed by atoms with Crippen LogP contribution in [0.15, 0.2) is 150 Å². The summed E-state index contributed by atoms with van der Waals surface area (Å²) in [6.45, 7) is 0. The molecule has 0 aromatic heterocycles. The van der Waals surface area contributed by atoms with Gasteiger partial charge in [0, 0.05) is 0 Å². The predicted octanol–water partition coefficient (Wildman–Crippen LogP) is 9.64. The molecule has 1 fully saturated rings. The molecule has 1 saturated carbocycles. The van der Waals surface area contributed by atoms with Crippen LogP contribution in [0.5, 0.6) is 0 Å². The monoisotopic (exact) mass is 551 g/mol. The first-order valence-corrected chi connectivity index (χ1v) is 15.0. The lowest BCUT2D eigenvalue weighted by Crippen LogP contribution is -2.34. The molecule has 3 atom stereocenters. The first-order valence-electron chi connectivity index (χ1n) is 15.0. The van der Waals surface area contributed by atoms with Crippen molar-refractivity contribution in [3.63, 3.8) is 0 Å². The Morgan fingerprint density at radius 2 is 1.26 bits per heavy atom. The minimum atomic E-state index is -0.251. The maximum atomic E-state index is 5.11. The Hall–Kier alpha value is -5.28. The second kappa shape index (κ2) is 9.37. The van der Waals surface area contributed by atoms with Gasteiger partial charge in [-0.1, -0.05) is 127 Å². The molecule has 0 radical (unpaired) electrons. The lowest BCUT2D eigenvalue weighted by molar-refractivity contribution is 0.714. The van der Waals surface area contributed by atoms with Gasteiger partial charge >= 0.3 is 0 Å². The molecular formula is C40H29N3. The van der Waals surface area contributed by atoms with Crippen molar-refractivity contribution in [3.05, 3.63) is 145 Å². The quantitative estimate of drug-likeness (QED) is 0.218. The van der Waals surface area contributed by atoms with Crippen molar-refractivity contribution in [2.24, 2.45) is 21.3 Å². The van der Waals surface area contributed by atoms with Gasteiger partial charge in [0.15, 0.2) is 6.17 Å². The Labute approximate surface area is 250 Å². The topological polar surface area (TPSA) is 36.8 Å². The fraction of sp³-hybridized carbons (Fsp3) is 0.100. The molecule has 6 aromatic rings. The van der Waals surface area contributed by atoms with Crippen LogP contribution < -0.4 is 5.32 Å². The molecule has 9 rings (SSSR count). The first kappa shape index (κ1) is 24.3. The molecule has 1 N–H and O–H groups in total. The average Bonchev–Trinajstić information content (AvgIpc) is 3.85. The average molecular weight is 552 g/mol. The van der Waals surface area contributed by atoms with Gasteiger partial charge in [-0.2, -0.15) is 0 Å². The SMILES string of the molecule is C1=CC2CC2(C2=NC(c3cccc(-c4ccccc4-c4ccc5c6ccccc6c6ccccc6c5c4)c3)N=CN2)C=C1. The number of nitrogens with zero attached hydrogens (tertiary/aromatic N) is 2. The Morgan fingerprint density at radius 1 is 0.605 bits per heavy atom. The molecule has 2 aliphatic carbocycles. The lowest BCUT2D eigenvalue weighted by atomic mass is 9.89. The van der Waals surface area contributed by atoms with Crippen molar-refractivity contribution < 1.29 is 0 Å². The van der Waals surface area contributed by atoms with Crippen LogP contribution in [0, 0.1) is 11.3 Å². The molecule has 43 heavy (non-hydrogen) atoms. The molecule has 3 nitrogen and oxygen atoms in total. The number of aliphatic imine (C=N–C) groups is 2. The summed E-state index contributed by atoms with van der Waals surface area (Å²) in [6, 6.07) is 41.9. The molecular weight excluding hydrogens is 522 g/mol. The second-order valence-electron chi connectivity index (χ2n) is 11.9. The van der Waals surface area contributed by atoms with Crippen molar-refractivity contribution in [2.75, 3.05) is 0 Å². The zero-order chi connectivity index (χ0) is 28.4. The number of allylic oxidation sites excluding steroid dienone is 3. The van der Waals surface area contributed by atoms with Crippen molar-refractivity contribution in [2.45, 2.75) is 12.6 Å². The fourth-order valence-corrected chi connectivity index (χ4v) is 7.22. The summed E-state index contributed by atoms with van der Waals surface area (Å²) >= 11 is 0. The van der Waals surface area contributed by atoms with E-state index < -0.39 is 0 Å². The third kappa shape index (κ3) is 3.81. The maximum absolute atomic E-state index is 5.11. The van der Waals surface area contributed by atoms with Gasteiger partial charge in [0.05, 0.1) is 11.8 Å². The van der Waals surface area contributed by atoms with Gasteiger partial charge in [0.25, 0.3) is 0 Å². The largest absolute Gasteiger partial charge is 0.334 e. The summed E-state index contributed by atoms with van der Waals surface area (Å²) in [5.74, 6) is 1.56. The lowest BCUT2D eigenvalue weighted by Gasteiger charge is -2.23. The highest BCUT2D eigenvalue weighted by atomic mass is 15.2. The van der Waals surface area contributed by atoms with E-state index in [9.17, 15) is 0 Å². The van der Waals surface area contributed by atoms with Gasteiger partial charge in [-0.05, 0) is 84.6 Å². The Kier molecular flexibility index (Phi) is 5.30. The van der Waals surface area contributed by atoms with Crippen LogP contribution >= 0.6 is 0 Å². The van der Waals surface area contributed by atoms with E-state index in [0.717, 1.165) is 17.8 Å². The third-order valence-corrected chi connectivity index (χ3v) is 9.49. The van der Waals surface area contributed by atoms with E-state index in [-0.39, 0.29) is 11.6 Å². The van der Waals surface area contributed by atoms with Gasteiger partial charge in [-0.3, -0.25) is 0 Å². The molecule has 0 spiro atoms. The van der Waals surface area contributed by atoms with Gasteiger partial charge in [0.2, 0.25) is 0 Å². The summed E-state index contributed by atoms with van der Waals surface area (Å²) in [7, 11) is 0. The van der Waals surface area contributed by atoms with Crippen LogP contribution in [0.3, 0.4) is 0 Å². The van der Waals surface area contributed by atoms with Gasteiger partial charge in [-0.25, -0.2) is 9.98 Å². The number of hydrogen-bond acceptors (Lipinski definition) is 3. The Balaban J connectivity index is 1.14. The highest BCUT2D eigenvalue weighted by Crippen LogP contribution is 2.57. The van der Waals surface area contributed by atoms with E-state index in [2.05, 4.69) is 145 Å². The van der Waals surface area contributed by atoms with Crippen LogP contribution in [0.4, 0.5) is 0 Å². The van der Waals surface area contributed by atoms with E-state index in [1.807, 2.05) is 6.34 Å². The number of hydrogen-bond donors (Lipinski definition) is 1. The van der Waals surface area contributed by atoms with E-state index in [0.29, 0.717) is 5.92 Å². The standard InChI is InChI=1S/C40H29N3/c1-2-14-31(27-19-20-36-34-17-4-3-15-32(34)33-16-5-6-18-35(33)37(36)23-27)30(13-1)26-10-9-11-28(22-26)38-41-25-42-39(43-38)40-21-8-7-12-29(40)24-40/h1-23,25,29,38H,24H2,(H,41,42,43). The highest BCUT2D eigenvalue weighted by Gasteiger charge is 2.56. The number of amidine groups is 1. The van der Waals surface area contributed by atoms with Crippen molar-refractivity contribution in [1.29, 1.82) is 0 Å².